The van der Waals surface area contributed by atoms with Crippen molar-refractivity contribution in [3.8, 4) is 0 Å². The zero-order valence-corrected chi connectivity index (χ0v) is 22.2. The van der Waals surface area contributed by atoms with Gasteiger partial charge in [-0.3, -0.25) is 4.90 Å². The lowest BCUT2D eigenvalue weighted by Gasteiger charge is -2.45. The van der Waals surface area contributed by atoms with Crippen molar-refractivity contribution in [2.45, 2.75) is 82.3 Å². The van der Waals surface area contributed by atoms with E-state index in [9.17, 15) is 0 Å². The second-order valence-corrected chi connectivity index (χ2v) is 11.4. The number of fused-ring (bicyclic) bond motifs is 3. The molecular weight excluding hydrogens is 456 g/mol. The van der Waals surface area contributed by atoms with Crippen molar-refractivity contribution in [2.24, 2.45) is 5.10 Å². The molecule has 3 aliphatic rings. The van der Waals surface area contributed by atoms with E-state index in [1.807, 2.05) is 6.92 Å². The van der Waals surface area contributed by atoms with Gasteiger partial charge in [-0.1, -0.05) is 42.5 Å². The molecule has 1 aromatic heterocycles. The number of benzene rings is 2. The Balaban J connectivity index is 1.18. The Hall–Kier alpha value is -3.17. The molecule has 3 fully saturated rings. The van der Waals surface area contributed by atoms with Gasteiger partial charge in [0.25, 0.3) is 0 Å². The molecule has 0 spiro atoms. The van der Waals surface area contributed by atoms with Gasteiger partial charge in [-0.15, -0.1) is 4.95 Å². The van der Waals surface area contributed by atoms with Gasteiger partial charge in [0.2, 0.25) is 0 Å². The van der Waals surface area contributed by atoms with Crippen LogP contribution in [0.1, 0.15) is 69.3 Å². The Morgan fingerprint density at radius 2 is 1.68 bits per heavy atom. The van der Waals surface area contributed by atoms with Crippen LogP contribution >= 0.6 is 0 Å². The zero-order valence-electron chi connectivity index (χ0n) is 22.2. The van der Waals surface area contributed by atoms with Crippen LogP contribution in [0.5, 0.6) is 0 Å². The van der Waals surface area contributed by atoms with Gasteiger partial charge in [-0.2, -0.15) is 6.57 Å². The molecule has 3 aliphatic heterocycles. The van der Waals surface area contributed by atoms with Gasteiger partial charge in [0, 0.05) is 38.1 Å². The van der Waals surface area contributed by atoms with E-state index in [-0.39, 0.29) is 5.41 Å². The summed E-state index contributed by atoms with van der Waals surface area (Å²) >= 11 is 0. The van der Waals surface area contributed by atoms with Crippen LogP contribution in [0.2, 0.25) is 0 Å². The number of piperidine rings is 2. The van der Waals surface area contributed by atoms with Crippen molar-refractivity contribution >= 4 is 16.9 Å². The third-order valence-corrected chi connectivity index (χ3v) is 9.60. The normalized spacial score (nSPS) is 25.9. The summed E-state index contributed by atoms with van der Waals surface area (Å²) in [7, 11) is 0. The van der Waals surface area contributed by atoms with Crippen LogP contribution in [-0.2, 0) is 5.41 Å². The largest absolute Gasteiger partial charge is 0.354 e. The molecule has 0 radical (unpaired) electrons. The van der Waals surface area contributed by atoms with Crippen molar-refractivity contribution in [1.29, 1.82) is 0 Å². The molecular formula is C31H38N6. The van der Waals surface area contributed by atoms with Crippen molar-refractivity contribution in [1.82, 2.24) is 19.4 Å². The minimum atomic E-state index is 0.198. The summed E-state index contributed by atoms with van der Waals surface area (Å²) in [6.07, 6.45) is 8.55. The van der Waals surface area contributed by atoms with E-state index >= 15 is 0 Å². The highest BCUT2D eigenvalue weighted by Crippen LogP contribution is 2.45. The molecule has 37 heavy (non-hydrogen) atoms. The zero-order chi connectivity index (χ0) is 25.4. The monoisotopic (exact) mass is 494 g/mol. The number of rotatable bonds is 5. The molecule has 192 valence electrons. The molecule has 4 heterocycles. The van der Waals surface area contributed by atoms with Crippen molar-refractivity contribution in [3.05, 3.63) is 77.5 Å². The molecule has 0 amide bonds. The maximum atomic E-state index is 7.10. The summed E-state index contributed by atoms with van der Waals surface area (Å²) in [5.74, 6) is 2.02. The predicted molar refractivity (Wildman–Crippen MR) is 150 cm³/mol. The van der Waals surface area contributed by atoms with E-state index < -0.39 is 0 Å². The highest BCUT2D eigenvalue weighted by atomic mass is 15.3. The molecule has 1 unspecified atom stereocenters. The van der Waals surface area contributed by atoms with Crippen LogP contribution in [0.25, 0.3) is 16.0 Å². The van der Waals surface area contributed by atoms with E-state index in [1.54, 1.807) is 0 Å². The molecule has 6 nitrogen and oxygen atoms in total. The second kappa shape index (κ2) is 9.95. The first-order valence-electron chi connectivity index (χ1n) is 14.0. The van der Waals surface area contributed by atoms with E-state index in [1.165, 1.54) is 49.7 Å². The number of imidazole rings is 1. The quantitative estimate of drug-likeness (QED) is 0.184. The van der Waals surface area contributed by atoms with Crippen LogP contribution in [-0.4, -0.2) is 56.9 Å². The fourth-order valence-electron chi connectivity index (χ4n) is 7.66. The van der Waals surface area contributed by atoms with Crippen molar-refractivity contribution < 1.29 is 0 Å². The number of para-hydroxylation sites is 2. The number of hydrogen-bond acceptors (Lipinski definition) is 3. The Morgan fingerprint density at radius 1 is 1.00 bits per heavy atom. The molecule has 0 saturated carbocycles. The number of amidine groups is 1. The maximum absolute atomic E-state index is 7.10. The minimum absolute atomic E-state index is 0.198. The average Bonchev–Trinajstić information content (AvgIpc) is 3.39. The molecule has 2 bridgehead atoms. The Kier molecular flexibility index (Phi) is 6.50. The van der Waals surface area contributed by atoms with Gasteiger partial charge in [0.1, 0.15) is 10.9 Å². The molecule has 3 aromatic rings. The molecule has 0 aliphatic carbocycles. The Bertz CT molecular complexity index is 1300. The summed E-state index contributed by atoms with van der Waals surface area (Å²) in [4.78, 5) is 13.3. The summed E-state index contributed by atoms with van der Waals surface area (Å²) in [5, 5.41) is 3.99. The minimum Gasteiger partial charge on any atom is -0.354 e. The standard InChI is InChI=1S/C31H38N6/c1-23-33-29-11-7-8-12-30(29)37(23)28-21-26-13-14-27(22-28)36(26)20-17-31(25-9-5-4-6-10-25)15-18-35(19-16-31)24(2)34-32-3/h4-12,26-28H,13-22H2,1-2H3/b34-24-/t26-,27+,28?. The fraction of sp³-hybridized carbons (Fsp3) is 0.516. The Labute approximate surface area is 220 Å². The third-order valence-electron chi connectivity index (χ3n) is 9.60. The van der Waals surface area contributed by atoms with Gasteiger partial charge in [-0.25, -0.2) is 4.98 Å². The number of aryl methyl sites for hydroxylation is 1. The molecule has 3 atom stereocenters. The lowest BCUT2D eigenvalue weighted by atomic mass is 9.70. The number of nitrogens with zero attached hydrogens (tertiary/aromatic N) is 6. The molecule has 3 saturated heterocycles. The van der Waals surface area contributed by atoms with Crippen LogP contribution < -0.4 is 0 Å². The van der Waals surface area contributed by atoms with Crippen molar-refractivity contribution in [2.75, 3.05) is 19.6 Å². The van der Waals surface area contributed by atoms with Crippen LogP contribution in [0, 0.1) is 13.5 Å². The summed E-state index contributed by atoms with van der Waals surface area (Å²) in [5.41, 5.74) is 4.10. The van der Waals surface area contributed by atoms with E-state index in [0.717, 1.165) is 43.1 Å². The highest BCUT2D eigenvalue weighted by Gasteiger charge is 2.44. The van der Waals surface area contributed by atoms with Gasteiger partial charge < -0.3 is 9.47 Å². The SMILES string of the molecule is [C-]#[N+]/N=C(/C)N1CCC(CCN2[C@@H]3CC[C@H]2CC(n2c(C)nc4ccccc42)C3)(c2ccccc2)CC1. The third kappa shape index (κ3) is 4.44. The topological polar surface area (TPSA) is 41.0 Å². The van der Waals surface area contributed by atoms with Crippen LogP contribution in [0.15, 0.2) is 59.7 Å². The predicted octanol–water partition coefficient (Wildman–Crippen LogP) is 6.19. The van der Waals surface area contributed by atoms with Gasteiger partial charge >= 0.3 is 0 Å². The van der Waals surface area contributed by atoms with Crippen LogP contribution in [0.4, 0.5) is 0 Å². The average molecular weight is 495 g/mol. The summed E-state index contributed by atoms with van der Waals surface area (Å²) in [6, 6.07) is 21.7. The van der Waals surface area contributed by atoms with Crippen molar-refractivity contribution in [3.63, 3.8) is 0 Å². The summed E-state index contributed by atoms with van der Waals surface area (Å²) in [6.45, 7) is 14.4. The Morgan fingerprint density at radius 3 is 2.38 bits per heavy atom. The maximum Gasteiger partial charge on any atom is 0.185 e. The first kappa shape index (κ1) is 24.2. The van der Waals surface area contributed by atoms with E-state index in [2.05, 4.69) is 85.9 Å². The van der Waals surface area contributed by atoms with Gasteiger partial charge in [0.15, 0.2) is 5.84 Å². The van der Waals surface area contributed by atoms with Crippen LogP contribution in [0.3, 0.4) is 0 Å². The summed E-state index contributed by atoms with van der Waals surface area (Å²) < 4.78 is 2.53. The van der Waals surface area contributed by atoms with Gasteiger partial charge in [0.05, 0.1) is 11.0 Å². The first-order chi connectivity index (χ1) is 18.1. The molecule has 6 heteroatoms. The number of hydrogen-bond donors (Lipinski definition) is 0. The smallest absolute Gasteiger partial charge is 0.185 e. The number of aromatic nitrogens is 2. The molecule has 2 aromatic carbocycles. The molecule has 0 N–H and O–H groups in total. The fourth-order valence-corrected chi connectivity index (χ4v) is 7.66. The van der Waals surface area contributed by atoms with E-state index in [4.69, 9.17) is 11.6 Å². The van der Waals surface area contributed by atoms with Gasteiger partial charge in [-0.05, 0) is 81.5 Å². The number of likely N-dealkylation sites (tertiary alicyclic amines) is 1. The molecule has 6 rings (SSSR count). The lowest BCUT2D eigenvalue weighted by molar-refractivity contribution is 0.0888. The van der Waals surface area contributed by atoms with E-state index in [0.29, 0.717) is 18.1 Å². The highest BCUT2D eigenvalue weighted by molar-refractivity contribution is 5.80. The first-order valence-corrected chi connectivity index (χ1v) is 14.0. The second-order valence-electron chi connectivity index (χ2n) is 11.4. The lowest BCUT2D eigenvalue weighted by Crippen LogP contribution is -2.48.